The predicted octanol–water partition coefficient (Wildman–Crippen LogP) is 2.04. The number of amides is 1. The van der Waals surface area contributed by atoms with E-state index in [-0.39, 0.29) is 11.8 Å². The van der Waals surface area contributed by atoms with Gasteiger partial charge in [-0.1, -0.05) is 37.1 Å². The van der Waals surface area contributed by atoms with E-state index < -0.39 is 0 Å². The van der Waals surface area contributed by atoms with E-state index >= 15 is 0 Å². The van der Waals surface area contributed by atoms with Crippen molar-refractivity contribution in [2.24, 2.45) is 17.6 Å². The van der Waals surface area contributed by atoms with Crippen molar-refractivity contribution in [2.75, 3.05) is 6.54 Å². The normalized spacial score (nSPS) is 26.2. The average molecular weight is 272 g/mol. The van der Waals surface area contributed by atoms with E-state index in [2.05, 4.69) is 29.6 Å². The summed E-state index contributed by atoms with van der Waals surface area (Å²) in [5, 5.41) is 3.28. The molecule has 3 N–H and O–H groups in total. The number of fused-ring (bicyclic) bond motifs is 1. The molecule has 20 heavy (non-hydrogen) atoms. The van der Waals surface area contributed by atoms with Crippen LogP contribution in [0.4, 0.5) is 0 Å². The lowest BCUT2D eigenvalue weighted by molar-refractivity contribution is -0.126. The molecule has 0 radical (unpaired) electrons. The van der Waals surface area contributed by atoms with Crippen LogP contribution >= 0.6 is 0 Å². The van der Waals surface area contributed by atoms with Gasteiger partial charge in [0.25, 0.3) is 0 Å². The van der Waals surface area contributed by atoms with Gasteiger partial charge in [0.2, 0.25) is 5.91 Å². The Hall–Kier alpha value is -1.35. The van der Waals surface area contributed by atoms with Crippen LogP contribution in [0.15, 0.2) is 24.3 Å². The second-order valence-corrected chi connectivity index (χ2v) is 6.27. The van der Waals surface area contributed by atoms with Gasteiger partial charge in [0.05, 0.1) is 0 Å². The monoisotopic (exact) mass is 272 g/mol. The molecule has 1 fully saturated rings. The predicted molar refractivity (Wildman–Crippen MR) is 80.3 cm³/mol. The quantitative estimate of drug-likeness (QED) is 0.884. The van der Waals surface area contributed by atoms with Crippen LogP contribution in [0.25, 0.3) is 0 Å². The minimum Gasteiger partial charge on any atom is -0.353 e. The van der Waals surface area contributed by atoms with Crippen molar-refractivity contribution >= 4 is 5.91 Å². The summed E-state index contributed by atoms with van der Waals surface area (Å²) in [7, 11) is 0. The molecule has 2 aliphatic carbocycles. The highest BCUT2D eigenvalue weighted by Gasteiger charge is 2.31. The Morgan fingerprint density at radius 2 is 1.80 bits per heavy atom. The minimum absolute atomic E-state index is 0.118. The molecule has 108 valence electrons. The van der Waals surface area contributed by atoms with Crippen molar-refractivity contribution in [3.8, 4) is 0 Å². The molecule has 2 atom stereocenters. The van der Waals surface area contributed by atoms with E-state index in [0.717, 1.165) is 25.7 Å². The number of benzene rings is 1. The molecule has 2 aliphatic rings. The second kappa shape index (κ2) is 5.96. The fourth-order valence-corrected chi connectivity index (χ4v) is 3.72. The molecule has 2 unspecified atom stereocenters. The smallest absolute Gasteiger partial charge is 0.224 e. The van der Waals surface area contributed by atoms with E-state index in [1.807, 2.05) is 0 Å². The van der Waals surface area contributed by atoms with Crippen molar-refractivity contribution in [3.05, 3.63) is 35.4 Å². The molecular formula is C17H24N2O. The zero-order chi connectivity index (χ0) is 13.9. The summed E-state index contributed by atoms with van der Waals surface area (Å²) in [5.74, 6) is 0.816. The van der Waals surface area contributed by atoms with Gasteiger partial charge in [-0.25, -0.2) is 0 Å². The van der Waals surface area contributed by atoms with Gasteiger partial charge in [-0.05, 0) is 49.3 Å². The lowest BCUT2D eigenvalue weighted by atomic mass is 9.84. The molecular weight excluding hydrogens is 248 g/mol. The highest BCUT2D eigenvalue weighted by molar-refractivity contribution is 5.80. The van der Waals surface area contributed by atoms with Gasteiger partial charge in [0.1, 0.15) is 0 Å². The van der Waals surface area contributed by atoms with Crippen molar-refractivity contribution in [2.45, 2.75) is 44.6 Å². The SMILES string of the molecule is NCC1CCCCC1NC(=O)C1Cc2ccccc2C1. The zero-order valence-corrected chi connectivity index (χ0v) is 12.0. The first-order valence-corrected chi connectivity index (χ1v) is 7.85. The fraction of sp³-hybridized carbons (Fsp3) is 0.588. The number of nitrogens with one attached hydrogen (secondary N) is 1. The molecule has 0 aromatic heterocycles. The Kier molecular flexibility index (Phi) is 4.06. The van der Waals surface area contributed by atoms with Crippen molar-refractivity contribution in [3.63, 3.8) is 0 Å². The topological polar surface area (TPSA) is 55.1 Å². The standard InChI is InChI=1S/C17H24N2O/c18-11-14-7-3-4-8-16(14)19-17(20)15-9-12-5-1-2-6-13(12)10-15/h1-2,5-6,14-16H,3-4,7-11,18H2,(H,19,20). The van der Waals surface area contributed by atoms with Crippen LogP contribution in [-0.4, -0.2) is 18.5 Å². The Balaban J connectivity index is 1.60. The van der Waals surface area contributed by atoms with Crippen LogP contribution in [0.3, 0.4) is 0 Å². The molecule has 1 aromatic rings. The van der Waals surface area contributed by atoms with Crippen molar-refractivity contribution < 1.29 is 4.79 Å². The lowest BCUT2D eigenvalue weighted by Gasteiger charge is -2.32. The zero-order valence-electron chi connectivity index (χ0n) is 12.0. The first-order chi connectivity index (χ1) is 9.78. The van der Waals surface area contributed by atoms with Gasteiger partial charge in [0.15, 0.2) is 0 Å². The third kappa shape index (κ3) is 2.73. The Labute approximate surface area is 120 Å². The molecule has 0 aliphatic heterocycles. The number of carbonyl (C=O) groups excluding carboxylic acids is 1. The van der Waals surface area contributed by atoms with Crippen LogP contribution in [0.5, 0.6) is 0 Å². The fourth-order valence-electron chi connectivity index (χ4n) is 3.72. The molecule has 1 aromatic carbocycles. The molecule has 1 saturated carbocycles. The van der Waals surface area contributed by atoms with Crippen LogP contribution in [0, 0.1) is 11.8 Å². The van der Waals surface area contributed by atoms with E-state index in [4.69, 9.17) is 5.73 Å². The number of hydrogen-bond acceptors (Lipinski definition) is 2. The van der Waals surface area contributed by atoms with Crippen molar-refractivity contribution in [1.82, 2.24) is 5.32 Å². The van der Waals surface area contributed by atoms with Gasteiger partial charge >= 0.3 is 0 Å². The summed E-state index contributed by atoms with van der Waals surface area (Å²) in [5.41, 5.74) is 8.52. The highest BCUT2D eigenvalue weighted by Crippen LogP contribution is 2.28. The summed E-state index contributed by atoms with van der Waals surface area (Å²) in [6.45, 7) is 0.690. The van der Waals surface area contributed by atoms with Crippen LogP contribution in [0.1, 0.15) is 36.8 Å². The number of carbonyl (C=O) groups is 1. The average Bonchev–Trinajstić information content (AvgIpc) is 2.92. The molecule has 0 bridgehead atoms. The van der Waals surface area contributed by atoms with Crippen LogP contribution in [0.2, 0.25) is 0 Å². The van der Waals surface area contributed by atoms with E-state index in [9.17, 15) is 4.79 Å². The van der Waals surface area contributed by atoms with Gasteiger partial charge in [0, 0.05) is 12.0 Å². The number of hydrogen-bond donors (Lipinski definition) is 2. The summed E-state index contributed by atoms with van der Waals surface area (Å²) in [4.78, 5) is 12.5. The van der Waals surface area contributed by atoms with E-state index in [0.29, 0.717) is 18.5 Å². The first kappa shape index (κ1) is 13.6. The third-order valence-corrected chi connectivity index (χ3v) is 4.96. The molecule has 3 heteroatoms. The summed E-state index contributed by atoms with van der Waals surface area (Å²) in [6.07, 6.45) is 6.50. The molecule has 3 rings (SSSR count). The molecule has 0 heterocycles. The summed E-state index contributed by atoms with van der Waals surface area (Å²) in [6, 6.07) is 8.71. The van der Waals surface area contributed by atoms with Gasteiger partial charge in [-0.3, -0.25) is 4.79 Å². The second-order valence-electron chi connectivity index (χ2n) is 6.27. The first-order valence-electron chi connectivity index (χ1n) is 7.85. The minimum atomic E-state index is 0.118. The van der Waals surface area contributed by atoms with Crippen LogP contribution in [-0.2, 0) is 17.6 Å². The van der Waals surface area contributed by atoms with E-state index in [1.165, 1.54) is 24.0 Å². The van der Waals surface area contributed by atoms with Crippen LogP contribution < -0.4 is 11.1 Å². The molecule has 0 spiro atoms. The number of nitrogens with two attached hydrogens (primary N) is 1. The maximum Gasteiger partial charge on any atom is 0.224 e. The maximum absolute atomic E-state index is 12.5. The largest absolute Gasteiger partial charge is 0.353 e. The molecule has 3 nitrogen and oxygen atoms in total. The lowest BCUT2D eigenvalue weighted by Crippen LogP contribution is -2.46. The Morgan fingerprint density at radius 3 is 2.45 bits per heavy atom. The molecule has 1 amide bonds. The number of rotatable bonds is 3. The molecule has 0 saturated heterocycles. The summed E-state index contributed by atoms with van der Waals surface area (Å²) >= 11 is 0. The van der Waals surface area contributed by atoms with Crippen molar-refractivity contribution in [1.29, 1.82) is 0 Å². The van der Waals surface area contributed by atoms with Gasteiger partial charge in [-0.2, -0.15) is 0 Å². The third-order valence-electron chi connectivity index (χ3n) is 4.96. The summed E-state index contributed by atoms with van der Waals surface area (Å²) < 4.78 is 0. The van der Waals surface area contributed by atoms with Gasteiger partial charge in [-0.15, -0.1) is 0 Å². The maximum atomic E-state index is 12.5. The Bertz CT molecular complexity index is 461. The highest BCUT2D eigenvalue weighted by atomic mass is 16.1. The Morgan fingerprint density at radius 1 is 1.15 bits per heavy atom. The van der Waals surface area contributed by atoms with Gasteiger partial charge < -0.3 is 11.1 Å². The van der Waals surface area contributed by atoms with E-state index in [1.54, 1.807) is 0 Å².